The summed E-state index contributed by atoms with van der Waals surface area (Å²) < 4.78 is 32.2. The lowest BCUT2D eigenvalue weighted by Crippen LogP contribution is -2.14. The fourth-order valence-electron chi connectivity index (χ4n) is 3.95. The van der Waals surface area contributed by atoms with Crippen molar-refractivity contribution in [2.45, 2.75) is 31.8 Å². The molecule has 0 saturated carbocycles. The molecule has 0 radical (unpaired) electrons. The number of nitrogens with two attached hydrogens (primary N) is 1. The van der Waals surface area contributed by atoms with Crippen LogP contribution in [0, 0.1) is 13.8 Å². The van der Waals surface area contributed by atoms with Crippen LogP contribution in [0.3, 0.4) is 0 Å². The van der Waals surface area contributed by atoms with Gasteiger partial charge in [0.2, 0.25) is 0 Å². The number of nitrogens with one attached hydrogen (secondary N) is 1. The van der Waals surface area contributed by atoms with E-state index in [4.69, 9.17) is 10.5 Å². The molecule has 2 aromatic heterocycles. The number of rotatable bonds is 7. The van der Waals surface area contributed by atoms with Crippen LogP contribution in [0.25, 0.3) is 11.1 Å². The Balaban J connectivity index is 1.54. The number of amides is 1. The molecule has 9 nitrogen and oxygen atoms in total. The van der Waals surface area contributed by atoms with Crippen LogP contribution in [0.1, 0.15) is 40.1 Å². The minimum Gasteiger partial charge on any atom is -0.482 e. The maximum atomic E-state index is 13.0. The van der Waals surface area contributed by atoms with Gasteiger partial charge in [-0.05, 0) is 67.8 Å². The van der Waals surface area contributed by atoms with Crippen LogP contribution in [0.2, 0.25) is 0 Å². The molecule has 0 saturated heterocycles. The van der Waals surface area contributed by atoms with Crippen molar-refractivity contribution in [3.8, 4) is 16.9 Å². The van der Waals surface area contributed by atoms with Crippen LogP contribution in [0.4, 0.5) is 11.5 Å². The molecule has 2 heterocycles. The van der Waals surface area contributed by atoms with Gasteiger partial charge in [-0.25, -0.2) is 13.4 Å². The molecule has 37 heavy (non-hydrogen) atoms. The molecule has 10 heteroatoms. The summed E-state index contributed by atoms with van der Waals surface area (Å²) in [6.07, 6.45) is 6.02. The Morgan fingerprint density at radius 2 is 1.86 bits per heavy atom. The number of nitrogen functional groups attached to an aromatic ring is 1. The number of carbonyl (C=O) groups is 1. The van der Waals surface area contributed by atoms with Crippen LogP contribution in [-0.4, -0.2) is 35.3 Å². The molecule has 0 fully saturated rings. The summed E-state index contributed by atoms with van der Waals surface area (Å²) >= 11 is 0. The van der Waals surface area contributed by atoms with Crippen LogP contribution in [-0.2, 0) is 16.9 Å². The second kappa shape index (κ2) is 10.1. The van der Waals surface area contributed by atoms with Crippen LogP contribution >= 0.6 is 0 Å². The van der Waals surface area contributed by atoms with E-state index in [1.807, 2.05) is 32.3 Å². The van der Waals surface area contributed by atoms with Gasteiger partial charge in [0.15, 0.2) is 21.4 Å². The van der Waals surface area contributed by atoms with E-state index in [1.54, 1.807) is 55.2 Å². The molecule has 4 aromatic rings. The number of hydrogen-bond donors (Lipinski definition) is 2. The molecule has 3 N–H and O–H groups in total. The Morgan fingerprint density at radius 3 is 2.54 bits per heavy atom. The number of aromatic nitrogens is 3. The first-order chi connectivity index (χ1) is 17.4. The third kappa shape index (κ3) is 5.80. The zero-order valence-corrected chi connectivity index (χ0v) is 22.1. The Kier molecular flexibility index (Phi) is 7.04. The predicted molar refractivity (Wildman–Crippen MR) is 143 cm³/mol. The van der Waals surface area contributed by atoms with Crippen molar-refractivity contribution in [2.75, 3.05) is 17.3 Å². The number of sulfone groups is 1. The summed E-state index contributed by atoms with van der Waals surface area (Å²) in [5.41, 5.74) is 10.8. The number of nitrogens with zero attached hydrogens (tertiary/aromatic N) is 3. The summed E-state index contributed by atoms with van der Waals surface area (Å²) in [5, 5.41) is 7.04. The quantitative estimate of drug-likeness (QED) is 0.368. The largest absolute Gasteiger partial charge is 0.482 e. The van der Waals surface area contributed by atoms with E-state index < -0.39 is 21.8 Å². The minimum atomic E-state index is -3.47. The fraction of sp³-hybridized carbons (Fsp3) is 0.222. The minimum absolute atomic E-state index is 0.146. The van der Waals surface area contributed by atoms with E-state index in [1.165, 1.54) is 6.07 Å². The SMILES string of the molecule is Cc1cc(C(=O)Nc2cccc([C@@H](C)Oc3cc(-c4cnn(C)c4)cnc3N)c2)cc(S(C)(=O)=O)c1C. The second-order valence-electron chi connectivity index (χ2n) is 9.04. The van der Waals surface area contributed by atoms with Crippen molar-refractivity contribution in [1.29, 1.82) is 0 Å². The van der Waals surface area contributed by atoms with Gasteiger partial charge in [0.25, 0.3) is 5.91 Å². The lowest BCUT2D eigenvalue weighted by molar-refractivity contribution is 0.102. The maximum Gasteiger partial charge on any atom is 0.255 e. The topological polar surface area (TPSA) is 129 Å². The Morgan fingerprint density at radius 1 is 1.11 bits per heavy atom. The zero-order chi connectivity index (χ0) is 26.9. The van der Waals surface area contributed by atoms with Gasteiger partial charge in [-0.15, -0.1) is 0 Å². The monoisotopic (exact) mass is 519 g/mol. The summed E-state index contributed by atoms with van der Waals surface area (Å²) in [6.45, 7) is 5.39. The number of hydrogen-bond acceptors (Lipinski definition) is 7. The number of anilines is 2. The standard InChI is InChI=1S/C27H29N5O4S/c1-16-9-20(12-25(17(16)2)37(5,34)35)27(33)31-23-8-6-7-19(10-23)18(3)36-24-11-21(13-29-26(24)28)22-14-30-32(4)15-22/h6-15,18H,1-5H3,(H2,28,29)(H,31,33)/t18-/m1/s1. The van der Waals surface area contributed by atoms with Gasteiger partial charge in [0, 0.05) is 48.1 Å². The van der Waals surface area contributed by atoms with Crippen molar-refractivity contribution in [1.82, 2.24) is 14.8 Å². The lowest BCUT2D eigenvalue weighted by atomic mass is 10.1. The summed E-state index contributed by atoms with van der Waals surface area (Å²) in [5.74, 6) is 0.295. The molecule has 192 valence electrons. The first-order valence-electron chi connectivity index (χ1n) is 11.6. The molecule has 1 atom stereocenters. The maximum absolute atomic E-state index is 13.0. The summed E-state index contributed by atoms with van der Waals surface area (Å²) in [6, 6.07) is 12.2. The molecule has 0 spiro atoms. The molecule has 4 rings (SSSR count). The van der Waals surface area contributed by atoms with Gasteiger partial charge < -0.3 is 15.8 Å². The van der Waals surface area contributed by atoms with Gasteiger partial charge in [-0.1, -0.05) is 12.1 Å². The van der Waals surface area contributed by atoms with Crippen LogP contribution < -0.4 is 15.8 Å². The lowest BCUT2D eigenvalue weighted by Gasteiger charge is -2.18. The Bertz CT molecular complexity index is 1590. The Hall–Kier alpha value is -4.18. The van der Waals surface area contributed by atoms with E-state index in [2.05, 4.69) is 15.4 Å². The smallest absolute Gasteiger partial charge is 0.255 e. The number of pyridine rings is 1. The molecule has 0 aliphatic heterocycles. The number of benzene rings is 2. The fourth-order valence-corrected chi connectivity index (χ4v) is 5.01. The first kappa shape index (κ1) is 25.9. The van der Waals surface area contributed by atoms with Crippen molar-refractivity contribution in [3.05, 3.63) is 83.3 Å². The van der Waals surface area contributed by atoms with E-state index >= 15 is 0 Å². The van der Waals surface area contributed by atoms with Crippen molar-refractivity contribution < 1.29 is 17.9 Å². The van der Waals surface area contributed by atoms with E-state index in [0.717, 1.165) is 28.5 Å². The van der Waals surface area contributed by atoms with Gasteiger partial charge in [0.05, 0.1) is 11.1 Å². The van der Waals surface area contributed by atoms with Crippen molar-refractivity contribution >= 4 is 27.2 Å². The average molecular weight is 520 g/mol. The number of ether oxygens (including phenoxy) is 1. The van der Waals surface area contributed by atoms with Gasteiger partial charge in [-0.2, -0.15) is 5.10 Å². The third-order valence-corrected chi connectivity index (χ3v) is 7.34. The van der Waals surface area contributed by atoms with E-state index in [-0.39, 0.29) is 16.3 Å². The van der Waals surface area contributed by atoms with Crippen molar-refractivity contribution in [2.24, 2.45) is 7.05 Å². The molecular formula is C27H29N5O4S. The zero-order valence-electron chi connectivity index (χ0n) is 21.3. The van der Waals surface area contributed by atoms with E-state index in [9.17, 15) is 13.2 Å². The highest BCUT2D eigenvalue weighted by atomic mass is 32.2. The van der Waals surface area contributed by atoms with Crippen LogP contribution in [0.5, 0.6) is 5.75 Å². The Labute approximate surface area is 216 Å². The number of carbonyl (C=O) groups excluding carboxylic acids is 1. The van der Waals surface area contributed by atoms with E-state index in [0.29, 0.717) is 17.0 Å². The predicted octanol–water partition coefficient (Wildman–Crippen LogP) is 4.48. The highest BCUT2D eigenvalue weighted by Gasteiger charge is 2.18. The third-order valence-electron chi connectivity index (χ3n) is 6.12. The van der Waals surface area contributed by atoms with Gasteiger partial charge >= 0.3 is 0 Å². The van der Waals surface area contributed by atoms with Gasteiger partial charge in [-0.3, -0.25) is 9.48 Å². The normalized spacial score (nSPS) is 12.2. The molecular weight excluding hydrogens is 490 g/mol. The molecule has 0 aliphatic rings. The van der Waals surface area contributed by atoms with Crippen molar-refractivity contribution in [3.63, 3.8) is 0 Å². The molecule has 0 unspecified atom stereocenters. The highest BCUT2D eigenvalue weighted by Crippen LogP contribution is 2.31. The molecule has 0 aliphatic carbocycles. The molecule has 1 amide bonds. The highest BCUT2D eigenvalue weighted by molar-refractivity contribution is 7.90. The summed E-state index contributed by atoms with van der Waals surface area (Å²) in [4.78, 5) is 17.4. The molecule has 0 bridgehead atoms. The van der Waals surface area contributed by atoms with Gasteiger partial charge in [0.1, 0.15) is 6.10 Å². The second-order valence-corrected chi connectivity index (χ2v) is 11.0. The molecule has 2 aromatic carbocycles. The summed E-state index contributed by atoms with van der Waals surface area (Å²) in [7, 11) is -1.63. The first-order valence-corrected chi connectivity index (χ1v) is 13.5. The average Bonchev–Trinajstić information content (AvgIpc) is 3.27. The van der Waals surface area contributed by atoms with Crippen LogP contribution in [0.15, 0.2) is 66.0 Å². The number of aryl methyl sites for hydroxylation is 2.